The Labute approximate surface area is 124 Å². The van der Waals surface area contributed by atoms with Crippen molar-refractivity contribution >= 4 is 21.6 Å². The predicted octanol–water partition coefficient (Wildman–Crippen LogP) is 1.15. The van der Waals surface area contributed by atoms with E-state index in [9.17, 15) is 13.2 Å². The van der Waals surface area contributed by atoms with Gasteiger partial charge in [0.15, 0.2) is 0 Å². The number of hydrogen-bond acceptors (Lipinski definition) is 4. The van der Waals surface area contributed by atoms with Crippen LogP contribution < -0.4 is 10.0 Å². The van der Waals surface area contributed by atoms with E-state index in [1.165, 1.54) is 7.11 Å². The Bertz CT molecular complexity index is 680. The van der Waals surface area contributed by atoms with Crippen molar-refractivity contribution in [2.75, 3.05) is 25.6 Å². The van der Waals surface area contributed by atoms with Crippen molar-refractivity contribution in [3.63, 3.8) is 0 Å². The first-order valence-electron chi connectivity index (χ1n) is 6.65. The summed E-state index contributed by atoms with van der Waals surface area (Å²) in [7, 11) is -2.11. The standard InChI is InChI=1S/C14H20N2O4S/c1-9-7-10(21(18,19)15-5-6-20-4)8-11-12(9)16-13(17)14(11,2)3/h7-8,15H,5-6H2,1-4H3,(H,16,17). The largest absolute Gasteiger partial charge is 0.383 e. The van der Waals surface area contributed by atoms with Crippen LogP contribution in [0.5, 0.6) is 0 Å². The van der Waals surface area contributed by atoms with Gasteiger partial charge in [0.2, 0.25) is 15.9 Å². The van der Waals surface area contributed by atoms with Gasteiger partial charge in [0.1, 0.15) is 0 Å². The second-order valence-corrected chi connectivity index (χ2v) is 7.40. The van der Waals surface area contributed by atoms with E-state index in [1.807, 2.05) is 0 Å². The Morgan fingerprint density at radius 1 is 1.33 bits per heavy atom. The van der Waals surface area contributed by atoms with Gasteiger partial charge in [-0.15, -0.1) is 0 Å². The third-order valence-electron chi connectivity index (χ3n) is 3.70. The van der Waals surface area contributed by atoms with Crippen molar-refractivity contribution in [2.24, 2.45) is 0 Å². The summed E-state index contributed by atoms with van der Waals surface area (Å²) in [5.74, 6) is -0.123. The highest BCUT2D eigenvalue weighted by molar-refractivity contribution is 7.89. The van der Waals surface area contributed by atoms with Gasteiger partial charge in [-0.05, 0) is 44.0 Å². The minimum Gasteiger partial charge on any atom is -0.383 e. The summed E-state index contributed by atoms with van der Waals surface area (Å²) < 4.78 is 31.9. The third-order valence-corrected chi connectivity index (χ3v) is 5.14. The van der Waals surface area contributed by atoms with Crippen LogP contribution >= 0.6 is 0 Å². The number of methoxy groups -OCH3 is 1. The maximum absolute atomic E-state index is 12.3. The molecule has 6 nitrogen and oxygen atoms in total. The van der Waals surface area contributed by atoms with E-state index in [2.05, 4.69) is 10.0 Å². The lowest BCUT2D eigenvalue weighted by Gasteiger charge is -2.17. The Balaban J connectivity index is 2.43. The lowest BCUT2D eigenvalue weighted by Crippen LogP contribution is -2.28. The molecule has 0 unspecified atom stereocenters. The molecule has 1 aliphatic heterocycles. The summed E-state index contributed by atoms with van der Waals surface area (Å²) in [4.78, 5) is 12.2. The van der Waals surface area contributed by atoms with Gasteiger partial charge in [-0.3, -0.25) is 4.79 Å². The molecule has 0 bridgehead atoms. The number of anilines is 1. The zero-order valence-corrected chi connectivity index (χ0v) is 13.4. The Hall–Kier alpha value is -1.44. The molecule has 2 N–H and O–H groups in total. The molecule has 2 rings (SSSR count). The molecule has 0 atom stereocenters. The fourth-order valence-corrected chi connectivity index (χ4v) is 3.45. The Morgan fingerprint density at radius 3 is 2.62 bits per heavy atom. The van der Waals surface area contributed by atoms with Crippen LogP contribution in [0, 0.1) is 6.92 Å². The fourth-order valence-electron chi connectivity index (χ4n) is 2.32. The van der Waals surface area contributed by atoms with Crippen LogP contribution in [0.15, 0.2) is 17.0 Å². The number of ether oxygens (including phenoxy) is 1. The summed E-state index contributed by atoms with van der Waals surface area (Å²) in [5.41, 5.74) is 1.41. The Kier molecular flexibility index (Phi) is 4.10. The zero-order chi connectivity index (χ0) is 15.8. The second-order valence-electron chi connectivity index (χ2n) is 5.63. The van der Waals surface area contributed by atoms with Crippen molar-refractivity contribution in [3.05, 3.63) is 23.3 Å². The molecule has 1 aromatic carbocycles. The van der Waals surface area contributed by atoms with E-state index in [4.69, 9.17) is 4.74 Å². The second kappa shape index (κ2) is 5.40. The highest BCUT2D eigenvalue weighted by Crippen LogP contribution is 2.40. The highest BCUT2D eigenvalue weighted by atomic mass is 32.2. The van der Waals surface area contributed by atoms with Crippen LogP contribution in [-0.4, -0.2) is 34.6 Å². The average molecular weight is 312 g/mol. The number of fused-ring (bicyclic) bond motifs is 1. The van der Waals surface area contributed by atoms with Crippen molar-refractivity contribution < 1.29 is 17.9 Å². The normalized spacial score (nSPS) is 16.7. The minimum atomic E-state index is -3.61. The summed E-state index contributed by atoms with van der Waals surface area (Å²) >= 11 is 0. The van der Waals surface area contributed by atoms with E-state index in [0.717, 1.165) is 5.56 Å². The molecule has 0 saturated heterocycles. The molecule has 1 aliphatic rings. The zero-order valence-electron chi connectivity index (χ0n) is 12.6. The van der Waals surface area contributed by atoms with Gasteiger partial charge in [-0.2, -0.15) is 0 Å². The summed E-state index contributed by atoms with van der Waals surface area (Å²) in [5, 5.41) is 2.81. The van der Waals surface area contributed by atoms with Crippen LogP contribution in [0.25, 0.3) is 0 Å². The van der Waals surface area contributed by atoms with E-state index in [1.54, 1.807) is 32.9 Å². The number of carbonyl (C=O) groups excluding carboxylic acids is 1. The van der Waals surface area contributed by atoms with Crippen LogP contribution in [0.1, 0.15) is 25.0 Å². The molecular weight excluding hydrogens is 292 g/mol. The van der Waals surface area contributed by atoms with Gasteiger partial charge >= 0.3 is 0 Å². The topological polar surface area (TPSA) is 84.5 Å². The summed E-state index contributed by atoms with van der Waals surface area (Å²) in [6, 6.07) is 3.13. The summed E-state index contributed by atoms with van der Waals surface area (Å²) in [6.07, 6.45) is 0. The molecule has 0 spiro atoms. The number of hydrogen-bond donors (Lipinski definition) is 2. The first-order valence-corrected chi connectivity index (χ1v) is 8.13. The first kappa shape index (κ1) is 15.9. The molecule has 0 fully saturated rings. The van der Waals surface area contributed by atoms with Crippen molar-refractivity contribution in [3.8, 4) is 0 Å². The van der Waals surface area contributed by atoms with Crippen LogP contribution in [-0.2, 0) is 25.0 Å². The average Bonchev–Trinajstić information content (AvgIpc) is 2.62. The maximum Gasteiger partial charge on any atom is 0.240 e. The first-order chi connectivity index (χ1) is 9.70. The van der Waals surface area contributed by atoms with Gasteiger partial charge in [-0.1, -0.05) is 0 Å². The molecule has 1 amide bonds. The van der Waals surface area contributed by atoms with Gasteiger partial charge in [-0.25, -0.2) is 13.1 Å². The number of benzene rings is 1. The molecule has 0 radical (unpaired) electrons. The van der Waals surface area contributed by atoms with Gasteiger partial charge in [0.05, 0.1) is 16.9 Å². The molecule has 0 aliphatic carbocycles. The number of sulfonamides is 1. The molecular formula is C14H20N2O4S. The highest BCUT2D eigenvalue weighted by Gasteiger charge is 2.40. The molecule has 21 heavy (non-hydrogen) atoms. The molecule has 116 valence electrons. The molecule has 0 aromatic heterocycles. The minimum absolute atomic E-state index is 0.123. The number of amides is 1. The monoisotopic (exact) mass is 312 g/mol. The van der Waals surface area contributed by atoms with Crippen molar-refractivity contribution in [1.29, 1.82) is 0 Å². The third kappa shape index (κ3) is 2.81. The van der Waals surface area contributed by atoms with Crippen molar-refractivity contribution in [2.45, 2.75) is 31.1 Å². The van der Waals surface area contributed by atoms with Crippen molar-refractivity contribution in [1.82, 2.24) is 4.72 Å². The maximum atomic E-state index is 12.3. The van der Waals surface area contributed by atoms with E-state index < -0.39 is 15.4 Å². The van der Waals surface area contributed by atoms with E-state index >= 15 is 0 Å². The molecule has 1 heterocycles. The molecule has 1 aromatic rings. The smallest absolute Gasteiger partial charge is 0.240 e. The van der Waals surface area contributed by atoms with E-state index in [-0.39, 0.29) is 17.3 Å². The lowest BCUT2D eigenvalue weighted by molar-refractivity contribution is -0.119. The summed E-state index contributed by atoms with van der Waals surface area (Å²) in [6.45, 7) is 5.85. The number of nitrogens with one attached hydrogen (secondary N) is 2. The quantitative estimate of drug-likeness (QED) is 0.799. The van der Waals surface area contributed by atoms with E-state index in [0.29, 0.717) is 17.9 Å². The SMILES string of the molecule is COCCNS(=O)(=O)c1cc(C)c2c(c1)C(C)(C)C(=O)N2. The molecule has 7 heteroatoms. The van der Waals surface area contributed by atoms with Crippen LogP contribution in [0.3, 0.4) is 0 Å². The fraction of sp³-hybridized carbons (Fsp3) is 0.500. The number of carbonyl (C=O) groups is 1. The van der Waals surface area contributed by atoms with Crippen LogP contribution in [0.2, 0.25) is 0 Å². The van der Waals surface area contributed by atoms with Gasteiger partial charge in [0.25, 0.3) is 0 Å². The number of rotatable bonds is 5. The lowest BCUT2D eigenvalue weighted by atomic mass is 9.85. The molecule has 0 saturated carbocycles. The predicted molar refractivity (Wildman–Crippen MR) is 79.9 cm³/mol. The van der Waals surface area contributed by atoms with Crippen LogP contribution in [0.4, 0.5) is 5.69 Å². The van der Waals surface area contributed by atoms with Gasteiger partial charge in [0, 0.05) is 19.3 Å². The Morgan fingerprint density at radius 2 is 2.00 bits per heavy atom. The van der Waals surface area contributed by atoms with Gasteiger partial charge < -0.3 is 10.1 Å². The number of aryl methyl sites for hydroxylation is 1.